The molecule has 0 spiro atoms. The molecule has 3 aromatic carbocycles. The third-order valence-electron chi connectivity index (χ3n) is 5.43. The van der Waals surface area contributed by atoms with Gasteiger partial charge in [-0.1, -0.05) is 84.6 Å². The largest absolute Gasteiger partial charge is 0.273 e. The van der Waals surface area contributed by atoms with Crippen molar-refractivity contribution in [2.24, 2.45) is 4.99 Å². The second-order valence-electron chi connectivity index (χ2n) is 7.25. The zero-order valence-electron chi connectivity index (χ0n) is 16.3. The minimum Gasteiger partial charge on any atom is -0.273 e. The third kappa shape index (κ3) is 3.43. The van der Waals surface area contributed by atoms with E-state index in [4.69, 9.17) is 4.99 Å². The first kappa shape index (κ1) is 19.3. The Morgan fingerprint density at radius 2 is 1.52 bits per heavy atom. The number of amides is 1. The first-order valence-corrected chi connectivity index (χ1v) is 10.6. The number of thioether (sulfide) groups is 1. The lowest BCUT2D eigenvalue weighted by Crippen LogP contribution is -2.41. The molecule has 6 nitrogen and oxygen atoms in total. The molecule has 0 fully saturated rings. The summed E-state index contributed by atoms with van der Waals surface area (Å²) in [6, 6.07) is 25.2. The molecule has 2 heterocycles. The number of amidine groups is 1. The van der Waals surface area contributed by atoms with Crippen molar-refractivity contribution in [3.63, 3.8) is 0 Å². The van der Waals surface area contributed by atoms with E-state index in [2.05, 4.69) is 0 Å². The number of nitro benzene ring substituents is 1. The van der Waals surface area contributed by atoms with E-state index < -0.39 is 16.9 Å². The summed E-state index contributed by atoms with van der Waals surface area (Å²) >= 11 is 1.42. The van der Waals surface area contributed by atoms with Crippen molar-refractivity contribution in [3.05, 3.63) is 117 Å². The molecule has 2 atom stereocenters. The van der Waals surface area contributed by atoms with E-state index in [1.165, 1.54) is 23.9 Å². The van der Waals surface area contributed by atoms with Gasteiger partial charge in [0.1, 0.15) is 0 Å². The van der Waals surface area contributed by atoms with Crippen LogP contribution in [0, 0.1) is 10.1 Å². The van der Waals surface area contributed by atoms with Gasteiger partial charge in [0, 0.05) is 17.5 Å². The molecule has 0 saturated heterocycles. The quantitative estimate of drug-likeness (QED) is 0.415. The number of fused-ring (bicyclic) bond motifs is 1. The molecule has 5 rings (SSSR count). The monoisotopic (exact) mass is 427 g/mol. The van der Waals surface area contributed by atoms with E-state index in [1.807, 2.05) is 66.1 Å². The Labute approximate surface area is 183 Å². The maximum Gasteiger partial charge on any atom is 0.269 e. The SMILES string of the molecule is O=C1[C@H](c2ccccc2)[C@H](c2ccc([N+](=O)[O-])cc2)N=C2SC=C(c3ccccc3)N12. The van der Waals surface area contributed by atoms with Crippen LogP contribution in [0.3, 0.4) is 0 Å². The molecule has 0 bridgehead atoms. The van der Waals surface area contributed by atoms with Gasteiger partial charge in [0.15, 0.2) is 5.17 Å². The topological polar surface area (TPSA) is 75.8 Å². The standard InChI is InChI=1S/C24H17N3O3S/c28-23-21(17-9-5-2-6-10-17)22(18-11-13-19(14-12-18)27(29)30)25-24-26(23)20(15-31-24)16-7-3-1-4-8-16/h1-15,21-22H/t21-,22+/m1/s1. The van der Waals surface area contributed by atoms with Gasteiger partial charge in [-0.05, 0) is 16.7 Å². The number of hydrogen-bond donors (Lipinski definition) is 0. The van der Waals surface area contributed by atoms with Gasteiger partial charge >= 0.3 is 0 Å². The summed E-state index contributed by atoms with van der Waals surface area (Å²) < 4.78 is 0. The predicted molar refractivity (Wildman–Crippen MR) is 121 cm³/mol. The minimum atomic E-state index is -0.530. The fraction of sp³-hybridized carbons (Fsp3) is 0.0833. The highest BCUT2D eigenvalue weighted by atomic mass is 32.2. The maximum atomic E-state index is 13.8. The molecule has 1 amide bonds. The van der Waals surface area contributed by atoms with Crippen LogP contribution < -0.4 is 0 Å². The first-order valence-electron chi connectivity index (χ1n) is 9.77. The molecule has 7 heteroatoms. The van der Waals surface area contributed by atoms with Crippen LogP contribution >= 0.6 is 11.8 Å². The lowest BCUT2D eigenvalue weighted by molar-refractivity contribution is -0.384. The van der Waals surface area contributed by atoms with Crippen LogP contribution in [0.2, 0.25) is 0 Å². The van der Waals surface area contributed by atoms with E-state index in [1.54, 1.807) is 17.0 Å². The molecular formula is C24H17N3O3S. The van der Waals surface area contributed by atoms with Crippen LogP contribution in [0.5, 0.6) is 0 Å². The van der Waals surface area contributed by atoms with Crippen LogP contribution in [-0.4, -0.2) is 20.9 Å². The Morgan fingerprint density at radius 1 is 0.871 bits per heavy atom. The Bertz CT molecular complexity index is 1210. The van der Waals surface area contributed by atoms with Gasteiger partial charge in [-0.2, -0.15) is 0 Å². The molecule has 0 saturated carbocycles. The Kier molecular flexibility index (Phi) is 4.88. The highest BCUT2D eigenvalue weighted by molar-refractivity contribution is 8.16. The summed E-state index contributed by atoms with van der Waals surface area (Å²) in [6.07, 6.45) is 0. The lowest BCUT2D eigenvalue weighted by Gasteiger charge is -2.34. The van der Waals surface area contributed by atoms with Crippen molar-refractivity contribution in [1.29, 1.82) is 0 Å². The van der Waals surface area contributed by atoms with Crippen molar-refractivity contribution in [3.8, 4) is 0 Å². The molecular weight excluding hydrogens is 410 g/mol. The van der Waals surface area contributed by atoms with E-state index in [0.29, 0.717) is 5.17 Å². The second kappa shape index (κ2) is 7.85. The molecule has 0 unspecified atom stereocenters. The molecule has 3 aromatic rings. The highest BCUT2D eigenvalue weighted by Crippen LogP contribution is 2.46. The van der Waals surface area contributed by atoms with Gasteiger partial charge in [-0.15, -0.1) is 0 Å². The van der Waals surface area contributed by atoms with Crippen molar-refractivity contribution in [1.82, 2.24) is 4.90 Å². The number of hydrogen-bond acceptors (Lipinski definition) is 5. The van der Waals surface area contributed by atoms with Crippen LogP contribution in [0.1, 0.15) is 28.7 Å². The number of rotatable bonds is 4. The smallest absolute Gasteiger partial charge is 0.269 e. The molecule has 0 aliphatic carbocycles. The molecule has 31 heavy (non-hydrogen) atoms. The fourth-order valence-electron chi connectivity index (χ4n) is 3.94. The molecule has 0 radical (unpaired) electrons. The molecule has 0 aromatic heterocycles. The van der Waals surface area contributed by atoms with Crippen molar-refractivity contribution < 1.29 is 9.72 Å². The summed E-state index contributed by atoms with van der Waals surface area (Å²) in [7, 11) is 0. The number of carbonyl (C=O) groups is 1. The second-order valence-corrected chi connectivity index (χ2v) is 8.09. The maximum absolute atomic E-state index is 13.8. The Hall–Kier alpha value is -3.71. The van der Waals surface area contributed by atoms with Gasteiger partial charge in [-0.3, -0.25) is 24.8 Å². The van der Waals surface area contributed by atoms with Gasteiger partial charge < -0.3 is 0 Å². The zero-order chi connectivity index (χ0) is 21.4. The Balaban J connectivity index is 1.60. The third-order valence-corrected chi connectivity index (χ3v) is 6.27. The van der Waals surface area contributed by atoms with Gasteiger partial charge in [0.05, 0.1) is 22.6 Å². The Morgan fingerprint density at radius 3 is 2.16 bits per heavy atom. The predicted octanol–water partition coefficient (Wildman–Crippen LogP) is 5.36. The number of non-ortho nitro benzene ring substituents is 1. The average molecular weight is 427 g/mol. The summed E-state index contributed by atoms with van der Waals surface area (Å²) in [5.41, 5.74) is 3.42. The number of benzene rings is 3. The zero-order valence-corrected chi connectivity index (χ0v) is 17.1. The summed E-state index contributed by atoms with van der Waals surface area (Å²) in [5.74, 6) is -0.586. The van der Waals surface area contributed by atoms with Crippen LogP contribution in [0.25, 0.3) is 5.70 Å². The number of nitro groups is 1. The minimum absolute atomic E-state index is 0.0136. The van der Waals surface area contributed by atoms with Gasteiger partial charge in [0.2, 0.25) is 5.91 Å². The van der Waals surface area contributed by atoms with Crippen LogP contribution in [0.4, 0.5) is 5.69 Å². The number of carbonyl (C=O) groups excluding carboxylic acids is 1. The fourth-order valence-corrected chi connectivity index (χ4v) is 4.86. The van der Waals surface area contributed by atoms with Gasteiger partial charge in [0.25, 0.3) is 5.69 Å². The van der Waals surface area contributed by atoms with E-state index in [0.717, 1.165) is 22.4 Å². The molecule has 0 N–H and O–H groups in total. The molecule has 2 aliphatic heterocycles. The van der Waals surface area contributed by atoms with E-state index in [9.17, 15) is 14.9 Å². The lowest BCUT2D eigenvalue weighted by atomic mass is 9.85. The molecule has 152 valence electrons. The number of aliphatic imine (C=N–C) groups is 1. The normalized spacial score (nSPS) is 20.1. The van der Waals surface area contributed by atoms with Crippen LogP contribution in [-0.2, 0) is 4.79 Å². The summed E-state index contributed by atoms with van der Waals surface area (Å²) in [4.78, 5) is 31.1. The van der Waals surface area contributed by atoms with E-state index in [-0.39, 0.29) is 11.6 Å². The molecule has 2 aliphatic rings. The number of nitrogens with zero attached hydrogens (tertiary/aromatic N) is 3. The highest BCUT2D eigenvalue weighted by Gasteiger charge is 2.44. The summed E-state index contributed by atoms with van der Waals surface area (Å²) in [5, 5.41) is 13.6. The van der Waals surface area contributed by atoms with Crippen LogP contribution in [0.15, 0.2) is 95.3 Å². The summed E-state index contributed by atoms with van der Waals surface area (Å²) in [6.45, 7) is 0. The van der Waals surface area contributed by atoms with Crippen molar-refractivity contribution in [2.45, 2.75) is 12.0 Å². The van der Waals surface area contributed by atoms with Crippen molar-refractivity contribution in [2.75, 3.05) is 0 Å². The van der Waals surface area contributed by atoms with Crippen molar-refractivity contribution >= 4 is 34.2 Å². The average Bonchev–Trinajstić information content (AvgIpc) is 3.25. The van der Waals surface area contributed by atoms with E-state index >= 15 is 0 Å². The first-order chi connectivity index (χ1) is 15.1. The van der Waals surface area contributed by atoms with Gasteiger partial charge in [-0.25, -0.2) is 0 Å².